The Labute approximate surface area is 213 Å². The molecule has 1 aromatic heterocycles. The molecule has 0 radical (unpaired) electrons. The van der Waals surface area contributed by atoms with Gasteiger partial charge in [0.15, 0.2) is 0 Å². The maximum Gasteiger partial charge on any atom is 0.268 e. The van der Waals surface area contributed by atoms with Gasteiger partial charge >= 0.3 is 0 Å². The van der Waals surface area contributed by atoms with Crippen LogP contribution >= 0.6 is 0 Å². The van der Waals surface area contributed by atoms with E-state index in [9.17, 15) is 24.0 Å². The summed E-state index contributed by atoms with van der Waals surface area (Å²) in [5.41, 5.74) is 0.705. The molecule has 0 bridgehead atoms. The smallest absolute Gasteiger partial charge is 0.268 e. The fourth-order valence-corrected chi connectivity index (χ4v) is 5.48. The van der Waals surface area contributed by atoms with E-state index in [0.29, 0.717) is 17.6 Å². The van der Waals surface area contributed by atoms with Gasteiger partial charge in [0, 0.05) is 29.6 Å². The van der Waals surface area contributed by atoms with E-state index >= 15 is 0 Å². The first-order valence-corrected chi connectivity index (χ1v) is 12.2. The molecule has 8 nitrogen and oxygen atoms in total. The maximum absolute atomic E-state index is 14.2. The number of benzene rings is 2. The molecule has 1 unspecified atom stereocenters. The lowest BCUT2D eigenvalue weighted by atomic mass is 9.80. The largest absolute Gasteiger partial charge is 0.350 e. The van der Waals surface area contributed by atoms with Crippen molar-refractivity contribution in [1.82, 2.24) is 15.2 Å². The van der Waals surface area contributed by atoms with Crippen LogP contribution in [0, 0.1) is 22.6 Å². The minimum absolute atomic E-state index is 0.0427. The minimum Gasteiger partial charge on any atom is -0.350 e. The first-order valence-electron chi connectivity index (χ1n) is 12.2. The molecular weight excluding hydrogens is 473 g/mol. The van der Waals surface area contributed by atoms with Gasteiger partial charge in [0.25, 0.3) is 5.91 Å². The normalized spacial score (nSPS) is 21.5. The lowest BCUT2D eigenvalue weighted by molar-refractivity contribution is -0.134. The van der Waals surface area contributed by atoms with Crippen molar-refractivity contribution < 1.29 is 18.8 Å². The third-order valence-electron chi connectivity index (χ3n) is 7.19. The Kier molecular flexibility index (Phi) is 5.78. The molecule has 5 rings (SSSR count). The molecule has 2 aliphatic rings. The fourth-order valence-electron chi connectivity index (χ4n) is 5.48. The number of hydrogen-bond acceptors (Lipinski definition) is 4. The molecular formula is C28H28FN5O3. The number of carbonyl (C=O) groups is 3. The number of anilines is 1. The van der Waals surface area contributed by atoms with Crippen molar-refractivity contribution in [3.63, 3.8) is 0 Å². The number of fused-ring (bicyclic) bond motifs is 3. The number of nitriles is 1. The Hall–Kier alpha value is -4.19. The summed E-state index contributed by atoms with van der Waals surface area (Å²) in [5, 5.41) is 15.9. The lowest BCUT2D eigenvalue weighted by Crippen LogP contribution is -2.52. The van der Waals surface area contributed by atoms with E-state index in [0.717, 1.165) is 5.56 Å². The minimum atomic E-state index is -1.02. The first kappa shape index (κ1) is 24.5. The van der Waals surface area contributed by atoms with Crippen molar-refractivity contribution in [3.05, 3.63) is 65.6 Å². The standard InChI is InChI=1S/C28H28FN5O3/c1-27(2,3)13-23(32-24(35)22-11-17-19(29)8-6-10-20(17)31-22)25(36)34-15-28(12-16(34)14-30)18-7-4-5-9-21(18)33-26(28)37/h4-11,16,23,31H,12-13,15H2,1-3H3,(H,32,35)(H,33,37)/t16-,23?,28-/m0/s1. The van der Waals surface area contributed by atoms with Gasteiger partial charge in [-0.05, 0) is 41.7 Å². The van der Waals surface area contributed by atoms with Crippen LogP contribution in [-0.2, 0) is 15.0 Å². The Bertz CT molecular complexity index is 1470. The number of likely N-dealkylation sites (tertiary alicyclic amines) is 1. The summed E-state index contributed by atoms with van der Waals surface area (Å²) in [6.45, 7) is 5.89. The van der Waals surface area contributed by atoms with Gasteiger partial charge in [-0.3, -0.25) is 14.4 Å². The average molecular weight is 502 g/mol. The van der Waals surface area contributed by atoms with Crippen LogP contribution in [0.25, 0.3) is 10.9 Å². The SMILES string of the molecule is CC(C)(C)CC(NC(=O)c1cc2c(F)cccc2[nH]1)C(=O)N1C[C@]2(C[C@H]1C#N)C(=O)Nc1ccccc12. The van der Waals surface area contributed by atoms with Gasteiger partial charge in [-0.15, -0.1) is 0 Å². The number of aromatic amines is 1. The van der Waals surface area contributed by atoms with Crippen LogP contribution in [0.3, 0.4) is 0 Å². The summed E-state index contributed by atoms with van der Waals surface area (Å²) in [6.07, 6.45) is 0.478. The molecule has 9 heteroatoms. The summed E-state index contributed by atoms with van der Waals surface area (Å²) in [5.74, 6) is -1.67. The topological polar surface area (TPSA) is 118 Å². The molecule has 0 aliphatic carbocycles. The van der Waals surface area contributed by atoms with E-state index in [2.05, 4.69) is 21.7 Å². The highest BCUT2D eigenvalue weighted by Crippen LogP contribution is 2.46. The van der Waals surface area contributed by atoms with Gasteiger partial charge in [-0.25, -0.2) is 4.39 Å². The Morgan fingerprint density at radius 2 is 2.00 bits per heavy atom. The molecule has 0 saturated carbocycles. The average Bonchev–Trinajstić information content (AvgIpc) is 3.53. The highest BCUT2D eigenvalue weighted by molar-refractivity contribution is 6.07. The van der Waals surface area contributed by atoms with Crippen LogP contribution in [0.5, 0.6) is 0 Å². The van der Waals surface area contributed by atoms with E-state index < -0.39 is 35.1 Å². The number of halogens is 1. The van der Waals surface area contributed by atoms with Crippen molar-refractivity contribution in [1.29, 1.82) is 5.26 Å². The molecule has 2 aromatic carbocycles. The Balaban J connectivity index is 1.44. The van der Waals surface area contributed by atoms with Crippen LogP contribution in [-0.4, -0.2) is 46.2 Å². The zero-order valence-electron chi connectivity index (χ0n) is 20.9. The van der Waals surface area contributed by atoms with Crippen molar-refractivity contribution in [2.45, 2.75) is 51.1 Å². The third-order valence-corrected chi connectivity index (χ3v) is 7.19. The Morgan fingerprint density at radius 1 is 1.24 bits per heavy atom. The van der Waals surface area contributed by atoms with E-state index in [-0.39, 0.29) is 35.4 Å². The predicted molar refractivity (Wildman–Crippen MR) is 136 cm³/mol. The molecule has 3 amide bonds. The number of nitrogens with one attached hydrogen (secondary N) is 3. The molecule has 1 spiro atoms. The number of carbonyl (C=O) groups excluding carboxylic acids is 3. The molecule has 190 valence electrons. The second kappa shape index (κ2) is 8.73. The van der Waals surface area contributed by atoms with Crippen molar-refractivity contribution in [2.75, 3.05) is 11.9 Å². The van der Waals surface area contributed by atoms with E-state index in [1.807, 2.05) is 39.0 Å². The Morgan fingerprint density at radius 3 is 2.70 bits per heavy atom. The number of amides is 3. The number of H-pyrrole nitrogens is 1. The zero-order valence-corrected chi connectivity index (χ0v) is 20.9. The predicted octanol–water partition coefficient (Wildman–Crippen LogP) is 3.86. The summed E-state index contributed by atoms with van der Waals surface area (Å²) in [6, 6.07) is 13.7. The van der Waals surface area contributed by atoms with Gasteiger partial charge in [-0.2, -0.15) is 5.26 Å². The molecule has 3 N–H and O–H groups in total. The quantitative estimate of drug-likeness (QED) is 0.503. The van der Waals surface area contributed by atoms with E-state index in [4.69, 9.17) is 0 Å². The van der Waals surface area contributed by atoms with Gasteiger partial charge in [0.2, 0.25) is 11.8 Å². The molecule has 37 heavy (non-hydrogen) atoms. The number of para-hydroxylation sites is 1. The van der Waals surface area contributed by atoms with Crippen LogP contribution in [0.15, 0.2) is 48.5 Å². The second-order valence-electron chi connectivity index (χ2n) is 11.1. The van der Waals surface area contributed by atoms with Crippen molar-refractivity contribution in [2.24, 2.45) is 5.41 Å². The monoisotopic (exact) mass is 501 g/mol. The molecule has 3 heterocycles. The number of aromatic nitrogens is 1. The molecule has 1 fully saturated rings. The van der Waals surface area contributed by atoms with Crippen LogP contribution in [0.4, 0.5) is 10.1 Å². The number of hydrogen-bond donors (Lipinski definition) is 3. The summed E-state index contributed by atoms with van der Waals surface area (Å²) in [7, 11) is 0. The van der Waals surface area contributed by atoms with Gasteiger partial charge in [0.1, 0.15) is 23.6 Å². The molecule has 2 aliphatic heterocycles. The molecule has 3 aromatic rings. The van der Waals surface area contributed by atoms with E-state index in [1.54, 1.807) is 18.2 Å². The van der Waals surface area contributed by atoms with Crippen molar-refractivity contribution in [3.8, 4) is 6.07 Å². The molecule has 1 saturated heterocycles. The zero-order chi connectivity index (χ0) is 26.5. The van der Waals surface area contributed by atoms with Crippen LogP contribution < -0.4 is 10.6 Å². The van der Waals surface area contributed by atoms with Gasteiger partial charge in [0.05, 0.1) is 11.5 Å². The van der Waals surface area contributed by atoms with Gasteiger partial charge < -0.3 is 20.5 Å². The highest BCUT2D eigenvalue weighted by Gasteiger charge is 2.56. The third kappa shape index (κ3) is 4.22. The lowest BCUT2D eigenvalue weighted by Gasteiger charge is -2.31. The van der Waals surface area contributed by atoms with Crippen LogP contribution in [0.1, 0.15) is 49.7 Å². The van der Waals surface area contributed by atoms with E-state index in [1.165, 1.54) is 17.0 Å². The fraction of sp³-hybridized carbons (Fsp3) is 0.357. The summed E-state index contributed by atoms with van der Waals surface area (Å²) < 4.78 is 14.2. The highest BCUT2D eigenvalue weighted by atomic mass is 19.1. The summed E-state index contributed by atoms with van der Waals surface area (Å²) in [4.78, 5) is 44.5. The first-order chi connectivity index (χ1) is 17.5. The number of nitrogens with zero attached hydrogens (tertiary/aromatic N) is 2. The number of rotatable bonds is 4. The second-order valence-corrected chi connectivity index (χ2v) is 11.1. The maximum atomic E-state index is 14.2. The molecule has 3 atom stereocenters. The van der Waals surface area contributed by atoms with Crippen molar-refractivity contribution >= 4 is 34.3 Å². The van der Waals surface area contributed by atoms with Crippen LogP contribution in [0.2, 0.25) is 0 Å². The summed E-state index contributed by atoms with van der Waals surface area (Å²) >= 11 is 0. The van der Waals surface area contributed by atoms with Gasteiger partial charge in [-0.1, -0.05) is 45.0 Å².